The molecular formula is C11H11Cl4N3OS. The van der Waals surface area contributed by atoms with E-state index in [1.807, 2.05) is 0 Å². The molecule has 4 nitrogen and oxygen atoms in total. The highest BCUT2D eigenvalue weighted by atomic mass is 35.6. The smallest absolute Gasteiger partial charge is 0.228 e. The zero-order valence-electron chi connectivity index (χ0n) is 10.2. The van der Waals surface area contributed by atoms with Crippen molar-refractivity contribution in [3.8, 4) is 0 Å². The number of amides is 1. The molecule has 1 unspecified atom stereocenters. The molecule has 0 aliphatic rings. The number of hydrogen-bond acceptors (Lipinski definition) is 2. The number of carbonyl (C=O) groups excluding carboxylic acids is 1. The maximum Gasteiger partial charge on any atom is 0.228 e. The second-order valence-electron chi connectivity index (χ2n) is 3.78. The van der Waals surface area contributed by atoms with E-state index in [0.29, 0.717) is 10.7 Å². The minimum atomic E-state index is -1.75. The normalized spacial score (nSPS) is 12.4. The van der Waals surface area contributed by atoms with E-state index in [2.05, 4.69) is 16.0 Å². The molecule has 1 aromatic carbocycles. The van der Waals surface area contributed by atoms with Crippen LogP contribution in [0.4, 0.5) is 5.69 Å². The van der Waals surface area contributed by atoms with Crippen LogP contribution in [0, 0.1) is 0 Å². The topological polar surface area (TPSA) is 53.2 Å². The molecule has 1 aromatic rings. The minimum absolute atomic E-state index is 0.192. The first-order valence-electron chi connectivity index (χ1n) is 5.35. The molecule has 0 aliphatic heterocycles. The Labute approximate surface area is 142 Å². The van der Waals surface area contributed by atoms with Crippen molar-refractivity contribution in [2.45, 2.75) is 16.9 Å². The Morgan fingerprint density at radius 3 is 2.20 bits per heavy atom. The average molecular weight is 375 g/mol. The lowest BCUT2D eigenvalue weighted by Gasteiger charge is -2.27. The molecule has 0 saturated heterocycles. The molecule has 0 radical (unpaired) electrons. The van der Waals surface area contributed by atoms with Gasteiger partial charge in [0.2, 0.25) is 9.70 Å². The molecule has 0 aromatic heterocycles. The van der Waals surface area contributed by atoms with Crippen molar-refractivity contribution >= 4 is 75.3 Å². The van der Waals surface area contributed by atoms with Crippen LogP contribution in [0.25, 0.3) is 0 Å². The van der Waals surface area contributed by atoms with Crippen LogP contribution < -0.4 is 16.0 Å². The van der Waals surface area contributed by atoms with Crippen LogP contribution in [0.15, 0.2) is 24.3 Å². The molecule has 0 bridgehead atoms. The van der Waals surface area contributed by atoms with Crippen LogP contribution >= 0.6 is 58.6 Å². The molecular weight excluding hydrogens is 364 g/mol. The maximum atomic E-state index is 11.1. The summed E-state index contributed by atoms with van der Waals surface area (Å²) in [7, 11) is 0. The van der Waals surface area contributed by atoms with Gasteiger partial charge in [0.1, 0.15) is 6.17 Å². The maximum absolute atomic E-state index is 11.1. The highest BCUT2D eigenvalue weighted by Gasteiger charge is 2.33. The largest absolute Gasteiger partial charge is 0.339 e. The Morgan fingerprint density at radius 1 is 1.20 bits per heavy atom. The van der Waals surface area contributed by atoms with Gasteiger partial charge in [-0.05, 0) is 36.5 Å². The molecule has 0 saturated carbocycles. The summed E-state index contributed by atoms with van der Waals surface area (Å²) in [6.45, 7) is 1.31. The Balaban J connectivity index is 2.66. The number of nitrogens with one attached hydrogen (secondary N) is 3. The fraction of sp³-hybridized carbons (Fsp3) is 0.273. The van der Waals surface area contributed by atoms with E-state index in [4.69, 9.17) is 58.6 Å². The Kier molecular flexibility index (Phi) is 6.61. The molecule has 3 N–H and O–H groups in total. The van der Waals surface area contributed by atoms with Crippen molar-refractivity contribution in [3.05, 3.63) is 29.3 Å². The van der Waals surface area contributed by atoms with Gasteiger partial charge in [-0.1, -0.05) is 46.4 Å². The minimum Gasteiger partial charge on any atom is -0.339 e. The predicted octanol–water partition coefficient (Wildman–Crippen LogP) is 3.46. The molecule has 0 aliphatic carbocycles. The van der Waals surface area contributed by atoms with Crippen LogP contribution in [-0.4, -0.2) is 21.0 Å². The monoisotopic (exact) mass is 373 g/mol. The number of halogens is 4. The van der Waals surface area contributed by atoms with E-state index < -0.39 is 9.96 Å². The number of benzene rings is 1. The van der Waals surface area contributed by atoms with Gasteiger partial charge in [-0.3, -0.25) is 4.79 Å². The highest BCUT2D eigenvalue weighted by Crippen LogP contribution is 2.29. The van der Waals surface area contributed by atoms with Gasteiger partial charge in [0, 0.05) is 17.6 Å². The second-order valence-corrected chi connectivity index (χ2v) is 6.99. The summed E-state index contributed by atoms with van der Waals surface area (Å²) in [5.74, 6) is -0.358. The molecule has 1 rings (SSSR count). The number of hydrogen-bond donors (Lipinski definition) is 3. The van der Waals surface area contributed by atoms with E-state index in [9.17, 15) is 4.79 Å². The van der Waals surface area contributed by atoms with Gasteiger partial charge in [-0.25, -0.2) is 0 Å². The number of rotatable bonds is 3. The van der Waals surface area contributed by atoms with E-state index in [1.54, 1.807) is 24.3 Å². The van der Waals surface area contributed by atoms with Crippen molar-refractivity contribution in [1.29, 1.82) is 0 Å². The van der Waals surface area contributed by atoms with Gasteiger partial charge in [-0.2, -0.15) is 0 Å². The first-order valence-corrected chi connectivity index (χ1v) is 7.27. The lowest BCUT2D eigenvalue weighted by atomic mass is 10.3. The number of thiocarbonyl (C=S) groups is 1. The average Bonchev–Trinajstić information content (AvgIpc) is 2.29. The summed E-state index contributed by atoms with van der Waals surface area (Å²) < 4.78 is -1.75. The number of alkyl halides is 3. The highest BCUT2D eigenvalue weighted by molar-refractivity contribution is 7.80. The predicted molar refractivity (Wildman–Crippen MR) is 88.7 cm³/mol. The second kappa shape index (κ2) is 7.52. The Hall–Kier alpha value is -0.460. The van der Waals surface area contributed by atoms with Crippen molar-refractivity contribution < 1.29 is 4.79 Å². The first-order chi connectivity index (χ1) is 9.18. The Morgan fingerprint density at radius 2 is 1.75 bits per heavy atom. The summed E-state index contributed by atoms with van der Waals surface area (Å²) >= 11 is 28.1. The summed E-state index contributed by atoms with van der Waals surface area (Å²) in [5, 5.41) is 8.84. The molecule has 110 valence electrons. The molecule has 0 spiro atoms. The van der Waals surface area contributed by atoms with Crippen molar-refractivity contribution in [2.75, 3.05) is 5.32 Å². The van der Waals surface area contributed by atoms with Crippen LogP contribution in [0.5, 0.6) is 0 Å². The van der Waals surface area contributed by atoms with E-state index in [1.165, 1.54) is 6.92 Å². The molecule has 9 heteroatoms. The standard InChI is InChI=1S/C11H11Cl4N3OS/c1-6(19)16-9(11(13,14)15)18-10(20)17-8-4-2-7(12)3-5-8/h2-5,9H,1H3,(H,16,19)(H2,17,18,20). The van der Waals surface area contributed by atoms with Gasteiger partial charge in [0.05, 0.1) is 0 Å². The third kappa shape index (κ3) is 6.33. The van der Waals surface area contributed by atoms with Gasteiger partial charge in [0.25, 0.3) is 0 Å². The third-order valence-electron chi connectivity index (χ3n) is 2.05. The molecule has 1 atom stereocenters. The van der Waals surface area contributed by atoms with Crippen LogP contribution in [0.2, 0.25) is 5.02 Å². The lowest BCUT2D eigenvalue weighted by Crippen LogP contribution is -2.55. The molecule has 0 fully saturated rings. The molecule has 20 heavy (non-hydrogen) atoms. The molecule has 0 heterocycles. The van der Waals surface area contributed by atoms with Crippen molar-refractivity contribution in [1.82, 2.24) is 10.6 Å². The zero-order valence-corrected chi connectivity index (χ0v) is 14.1. The SMILES string of the molecule is CC(=O)NC(NC(=S)Nc1ccc(Cl)cc1)C(Cl)(Cl)Cl. The lowest BCUT2D eigenvalue weighted by molar-refractivity contribution is -0.119. The zero-order chi connectivity index (χ0) is 15.3. The van der Waals surface area contributed by atoms with Crippen LogP contribution in [0.3, 0.4) is 0 Å². The van der Waals surface area contributed by atoms with Gasteiger partial charge < -0.3 is 16.0 Å². The van der Waals surface area contributed by atoms with Gasteiger partial charge in [0.15, 0.2) is 5.11 Å². The number of anilines is 1. The van der Waals surface area contributed by atoms with E-state index in [-0.39, 0.29) is 11.0 Å². The van der Waals surface area contributed by atoms with Crippen molar-refractivity contribution in [2.24, 2.45) is 0 Å². The quantitative estimate of drug-likeness (QED) is 0.430. The summed E-state index contributed by atoms with van der Waals surface area (Å²) in [4.78, 5) is 11.1. The van der Waals surface area contributed by atoms with Crippen LogP contribution in [0.1, 0.15) is 6.92 Å². The fourth-order valence-electron chi connectivity index (χ4n) is 1.23. The first kappa shape index (κ1) is 17.6. The summed E-state index contributed by atoms with van der Waals surface area (Å²) in [5.41, 5.74) is 0.706. The van der Waals surface area contributed by atoms with Gasteiger partial charge in [-0.15, -0.1) is 0 Å². The van der Waals surface area contributed by atoms with E-state index >= 15 is 0 Å². The van der Waals surface area contributed by atoms with E-state index in [0.717, 1.165) is 0 Å². The third-order valence-corrected chi connectivity index (χ3v) is 3.18. The van der Waals surface area contributed by atoms with Gasteiger partial charge >= 0.3 is 0 Å². The van der Waals surface area contributed by atoms with Crippen molar-refractivity contribution in [3.63, 3.8) is 0 Å². The summed E-state index contributed by atoms with van der Waals surface area (Å²) in [6, 6.07) is 6.87. The Bertz CT molecular complexity index is 489. The summed E-state index contributed by atoms with van der Waals surface area (Å²) in [6.07, 6.45) is -0.961. The fourth-order valence-corrected chi connectivity index (χ4v) is 1.92. The van der Waals surface area contributed by atoms with Crippen LogP contribution in [-0.2, 0) is 4.79 Å². The molecule has 1 amide bonds. The number of carbonyl (C=O) groups is 1.